The van der Waals surface area contributed by atoms with E-state index in [1.54, 1.807) is 13.1 Å². The Morgan fingerprint density at radius 1 is 1.42 bits per heavy atom. The second-order valence-electron chi connectivity index (χ2n) is 4.87. The number of hydrogen-bond acceptors (Lipinski definition) is 4. The van der Waals surface area contributed by atoms with E-state index in [0.717, 1.165) is 26.1 Å². The lowest BCUT2D eigenvalue weighted by atomic mass is 9.93. The zero-order valence-electron chi connectivity index (χ0n) is 11.5. The van der Waals surface area contributed by atoms with Gasteiger partial charge in [-0.2, -0.15) is 0 Å². The van der Waals surface area contributed by atoms with Crippen molar-refractivity contribution in [3.05, 3.63) is 23.9 Å². The van der Waals surface area contributed by atoms with Crippen molar-refractivity contribution in [1.29, 1.82) is 0 Å². The van der Waals surface area contributed by atoms with E-state index in [-0.39, 0.29) is 11.9 Å². The van der Waals surface area contributed by atoms with Crippen molar-refractivity contribution in [2.24, 2.45) is 5.92 Å². The number of rotatable bonds is 4. The highest BCUT2D eigenvalue weighted by Crippen LogP contribution is 2.18. The zero-order chi connectivity index (χ0) is 13.7. The van der Waals surface area contributed by atoms with Gasteiger partial charge in [0.05, 0.1) is 0 Å². The first kappa shape index (κ1) is 13.8. The van der Waals surface area contributed by atoms with Gasteiger partial charge in [0.1, 0.15) is 11.5 Å². The van der Waals surface area contributed by atoms with Crippen molar-refractivity contribution in [2.75, 3.05) is 25.6 Å². The highest BCUT2D eigenvalue weighted by Gasteiger charge is 2.22. The number of anilines is 1. The Kier molecular flexibility index (Phi) is 4.74. The molecule has 0 bridgehead atoms. The van der Waals surface area contributed by atoms with Crippen LogP contribution in [0.2, 0.25) is 0 Å². The Bertz CT molecular complexity index is 430. The van der Waals surface area contributed by atoms with E-state index in [2.05, 4.69) is 22.5 Å². The average molecular weight is 263 g/mol. The highest BCUT2D eigenvalue weighted by atomic mass is 16.5. The zero-order valence-corrected chi connectivity index (χ0v) is 11.5. The van der Waals surface area contributed by atoms with E-state index >= 15 is 0 Å². The fourth-order valence-electron chi connectivity index (χ4n) is 2.31. The smallest absolute Gasteiger partial charge is 0.270 e. The molecule has 0 aliphatic carbocycles. The van der Waals surface area contributed by atoms with Crippen LogP contribution in [-0.2, 0) is 4.74 Å². The Morgan fingerprint density at radius 3 is 2.84 bits per heavy atom. The molecule has 1 amide bonds. The molecule has 5 nitrogen and oxygen atoms in total. The van der Waals surface area contributed by atoms with Gasteiger partial charge < -0.3 is 15.4 Å². The van der Waals surface area contributed by atoms with Gasteiger partial charge in [-0.05, 0) is 37.8 Å². The number of ether oxygens (including phenoxy) is 1. The number of hydrogen-bond donors (Lipinski definition) is 2. The molecule has 1 fully saturated rings. The largest absolute Gasteiger partial charge is 0.381 e. The Balaban J connectivity index is 1.95. The Hall–Kier alpha value is -1.62. The molecule has 0 radical (unpaired) electrons. The molecule has 1 aliphatic rings. The van der Waals surface area contributed by atoms with Crippen LogP contribution in [0.5, 0.6) is 0 Å². The number of aromatic nitrogens is 1. The molecule has 2 heterocycles. The predicted octanol–water partition coefficient (Wildman–Crippen LogP) is 1.67. The van der Waals surface area contributed by atoms with Crippen LogP contribution in [0.15, 0.2) is 18.2 Å². The summed E-state index contributed by atoms with van der Waals surface area (Å²) in [5, 5.41) is 5.96. The van der Waals surface area contributed by atoms with Crippen molar-refractivity contribution in [2.45, 2.75) is 25.8 Å². The summed E-state index contributed by atoms with van der Waals surface area (Å²) < 4.78 is 5.34. The first-order valence-corrected chi connectivity index (χ1v) is 6.74. The average Bonchev–Trinajstić information content (AvgIpc) is 2.48. The van der Waals surface area contributed by atoms with Crippen molar-refractivity contribution in [3.63, 3.8) is 0 Å². The summed E-state index contributed by atoms with van der Waals surface area (Å²) in [5.41, 5.74) is 0.450. The van der Waals surface area contributed by atoms with Crippen LogP contribution in [0, 0.1) is 5.92 Å². The van der Waals surface area contributed by atoms with Crippen LogP contribution in [0.1, 0.15) is 30.3 Å². The summed E-state index contributed by atoms with van der Waals surface area (Å²) in [7, 11) is 1.79. The van der Waals surface area contributed by atoms with Gasteiger partial charge >= 0.3 is 0 Å². The predicted molar refractivity (Wildman–Crippen MR) is 74.3 cm³/mol. The van der Waals surface area contributed by atoms with E-state index < -0.39 is 0 Å². The summed E-state index contributed by atoms with van der Waals surface area (Å²) in [6.45, 7) is 3.63. The molecule has 1 atom stereocenters. The molecule has 1 saturated heterocycles. The van der Waals surface area contributed by atoms with E-state index in [1.807, 2.05) is 12.1 Å². The maximum atomic E-state index is 12.1. The quantitative estimate of drug-likeness (QED) is 0.867. The minimum Gasteiger partial charge on any atom is -0.381 e. The third kappa shape index (κ3) is 3.67. The molecule has 2 rings (SSSR count). The Labute approximate surface area is 113 Å². The van der Waals surface area contributed by atoms with Crippen LogP contribution < -0.4 is 10.6 Å². The summed E-state index contributed by atoms with van der Waals surface area (Å²) >= 11 is 0. The maximum Gasteiger partial charge on any atom is 0.270 e. The monoisotopic (exact) mass is 263 g/mol. The van der Waals surface area contributed by atoms with E-state index in [4.69, 9.17) is 4.74 Å². The summed E-state index contributed by atoms with van der Waals surface area (Å²) in [4.78, 5) is 16.4. The molecule has 0 spiro atoms. The molecule has 0 aromatic carbocycles. The summed E-state index contributed by atoms with van der Waals surface area (Å²) in [6, 6.07) is 5.54. The fraction of sp³-hybridized carbons (Fsp3) is 0.571. The molecule has 1 aromatic heterocycles. The maximum absolute atomic E-state index is 12.1. The molecule has 5 heteroatoms. The van der Waals surface area contributed by atoms with E-state index in [9.17, 15) is 4.79 Å². The number of carbonyl (C=O) groups excluding carboxylic acids is 1. The standard InChI is InChI=1S/C14H21N3O2/c1-10(11-6-8-19-9-7-11)16-14(18)12-4-3-5-13(15-2)17-12/h3-5,10-11H,6-9H2,1-2H3,(H,15,17)(H,16,18). The summed E-state index contributed by atoms with van der Waals surface area (Å²) in [5.74, 6) is 1.08. The van der Waals surface area contributed by atoms with Gasteiger partial charge in [-0.25, -0.2) is 4.98 Å². The van der Waals surface area contributed by atoms with Gasteiger partial charge in [0, 0.05) is 26.3 Å². The second kappa shape index (κ2) is 6.52. The molecule has 1 aliphatic heterocycles. The topological polar surface area (TPSA) is 63.2 Å². The minimum atomic E-state index is -0.115. The third-order valence-corrected chi connectivity index (χ3v) is 3.57. The lowest BCUT2D eigenvalue weighted by Crippen LogP contribution is -2.40. The Morgan fingerprint density at radius 2 is 2.16 bits per heavy atom. The van der Waals surface area contributed by atoms with Crippen LogP contribution >= 0.6 is 0 Å². The number of nitrogens with one attached hydrogen (secondary N) is 2. The number of pyridine rings is 1. The van der Waals surface area contributed by atoms with Gasteiger partial charge in [-0.1, -0.05) is 6.07 Å². The van der Waals surface area contributed by atoms with Crippen molar-refractivity contribution in [3.8, 4) is 0 Å². The molecular formula is C14H21N3O2. The van der Waals surface area contributed by atoms with Gasteiger partial charge in [0.2, 0.25) is 0 Å². The van der Waals surface area contributed by atoms with Crippen molar-refractivity contribution >= 4 is 11.7 Å². The van der Waals surface area contributed by atoms with Crippen LogP contribution in [0.3, 0.4) is 0 Å². The van der Waals surface area contributed by atoms with Gasteiger partial charge in [0.15, 0.2) is 0 Å². The number of nitrogens with zero attached hydrogens (tertiary/aromatic N) is 1. The van der Waals surface area contributed by atoms with E-state index in [0.29, 0.717) is 17.4 Å². The van der Waals surface area contributed by atoms with Crippen LogP contribution in [0.25, 0.3) is 0 Å². The third-order valence-electron chi connectivity index (χ3n) is 3.57. The van der Waals surface area contributed by atoms with Crippen LogP contribution in [0.4, 0.5) is 5.82 Å². The van der Waals surface area contributed by atoms with Gasteiger partial charge in [0.25, 0.3) is 5.91 Å². The first-order chi connectivity index (χ1) is 9.20. The number of carbonyl (C=O) groups is 1. The summed E-state index contributed by atoms with van der Waals surface area (Å²) in [6.07, 6.45) is 2.01. The lowest BCUT2D eigenvalue weighted by molar-refractivity contribution is 0.0537. The molecule has 0 saturated carbocycles. The SMILES string of the molecule is CNc1cccc(C(=O)NC(C)C2CCOCC2)n1. The molecule has 19 heavy (non-hydrogen) atoms. The molecule has 1 unspecified atom stereocenters. The van der Waals surface area contributed by atoms with Crippen LogP contribution in [-0.4, -0.2) is 37.2 Å². The van der Waals surface area contributed by atoms with Crippen molar-refractivity contribution in [1.82, 2.24) is 10.3 Å². The second-order valence-corrected chi connectivity index (χ2v) is 4.87. The lowest BCUT2D eigenvalue weighted by Gasteiger charge is -2.28. The minimum absolute atomic E-state index is 0.115. The van der Waals surface area contributed by atoms with Gasteiger partial charge in [-0.3, -0.25) is 4.79 Å². The number of amides is 1. The van der Waals surface area contributed by atoms with E-state index in [1.165, 1.54) is 0 Å². The first-order valence-electron chi connectivity index (χ1n) is 6.74. The molecule has 2 N–H and O–H groups in total. The highest BCUT2D eigenvalue weighted by molar-refractivity contribution is 5.92. The van der Waals surface area contributed by atoms with Crippen molar-refractivity contribution < 1.29 is 9.53 Å². The fourth-order valence-corrected chi connectivity index (χ4v) is 2.31. The van der Waals surface area contributed by atoms with Gasteiger partial charge in [-0.15, -0.1) is 0 Å². The molecule has 1 aromatic rings. The molecular weight excluding hydrogens is 242 g/mol. The molecule has 104 valence electrons. The normalized spacial score (nSPS) is 17.8.